The first-order valence-electron chi connectivity index (χ1n) is 7.97. The van der Waals surface area contributed by atoms with Crippen LogP contribution in [-0.2, 0) is 0 Å². The van der Waals surface area contributed by atoms with Gasteiger partial charge < -0.3 is 19.2 Å². The zero-order chi connectivity index (χ0) is 15.8. The SMILES string of the molecule is C[N+](C)(C)CCCC(O)CCC(O)CCC[N+](C)(C)C. The highest BCUT2D eigenvalue weighted by Crippen LogP contribution is 2.12. The second kappa shape index (κ2) is 8.98. The smallest absolute Gasteiger partial charge is 0.0781 e. The van der Waals surface area contributed by atoms with Gasteiger partial charge in [0, 0.05) is 0 Å². The molecule has 0 heterocycles. The molecule has 0 aliphatic carbocycles. The summed E-state index contributed by atoms with van der Waals surface area (Å²) in [6.45, 7) is 2.17. The third kappa shape index (κ3) is 14.3. The predicted octanol–water partition coefficient (Wildman–Crippen LogP) is 1.46. The highest BCUT2D eigenvalue weighted by atomic mass is 16.3. The van der Waals surface area contributed by atoms with Crippen LogP contribution in [0.5, 0.6) is 0 Å². The second-order valence-electron chi connectivity index (χ2n) is 8.20. The van der Waals surface area contributed by atoms with E-state index >= 15 is 0 Å². The molecular weight excluding hydrogens is 252 g/mol. The van der Waals surface area contributed by atoms with Crippen molar-refractivity contribution in [1.29, 1.82) is 0 Å². The number of nitrogens with zero attached hydrogens (tertiary/aromatic N) is 2. The molecule has 4 nitrogen and oxygen atoms in total. The van der Waals surface area contributed by atoms with Crippen molar-refractivity contribution in [2.45, 2.75) is 50.7 Å². The fourth-order valence-electron chi connectivity index (χ4n) is 2.28. The fraction of sp³-hybridized carbons (Fsp3) is 1.00. The van der Waals surface area contributed by atoms with Gasteiger partial charge in [-0.25, -0.2) is 0 Å². The fourth-order valence-corrected chi connectivity index (χ4v) is 2.28. The second-order valence-corrected chi connectivity index (χ2v) is 8.20. The van der Waals surface area contributed by atoms with Gasteiger partial charge in [-0.05, 0) is 38.5 Å². The topological polar surface area (TPSA) is 40.5 Å². The first kappa shape index (κ1) is 19.8. The van der Waals surface area contributed by atoms with E-state index in [1.54, 1.807) is 0 Å². The van der Waals surface area contributed by atoms with E-state index in [4.69, 9.17) is 0 Å². The summed E-state index contributed by atoms with van der Waals surface area (Å²) in [6, 6.07) is 0. The van der Waals surface area contributed by atoms with Crippen LogP contribution in [0.25, 0.3) is 0 Å². The van der Waals surface area contributed by atoms with E-state index in [9.17, 15) is 10.2 Å². The van der Waals surface area contributed by atoms with Gasteiger partial charge >= 0.3 is 0 Å². The first-order chi connectivity index (χ1) is 8.99. The van der Waals surface area contributed by atoms with Crippen molar-refractivity contribution >= 4 is 0 Å². The third-order valence-corrected chi connectivity index (χ3v) is 3.57. The maximum absolute atomic E-state index is 9.93. The summed E-state index contributed by atoms with van der Waals surface area (Å²) in [6.07, 6.45) is 4.72. The van der Waals surface area contributed by atoms with E-state index in [2.05, 4.69) is 42.3 Å². The Morgan fingerprint density at radius 3 is 1.15 bits per heavy atom. The minimum Gasteiger partial charge on any atom is -0.393 e. The maximum atomic E-state index is 9.93. The van der Waals surface area contributed by atoms with E-state index in [-0.39, 0.29) is 12.2 Å². The molecule has 2 N–H and O–H groups in total. The largest absolute Gasteiger partial charge is 0.393 e. The molecule has 4 heteroatoms. The van der Waals surface area contributed by atoms with Gasteiger partial charge in [0.05, 0.1) is 67.6 Å². The van der Waals surface area contributed by atoms with Crippen LogP contribution in [0.1, 0.15) is 38.5 Å². The van der Waals surface area contributed by atoms with Crippen LogP contribution in [-0.4, -0.2) is 86.8 Å². The van der Waals surface area contributed by atoms with Crippen LogP contribution in [0.3, 0.4) is 0 Å². The molecule has 0 spiro atoms. The van der Waals surface area contributed by atoms with Crippen molar-refractivity contribution in [3.05, 3.63) is 0 Å². The van der Waals surface area contributed by atoms with Crippen molar-refractivity contribution in [3.63, 3.8) is 0 Å². The van der Waals surface area contributed by atoms with E-state index in [0.717, 1.165) is 60.6 Å². The van der Waals surface area contributed by atoms with Gasteiger partial charge in [0.2, 0.25) is 0 Å². The molecule has 0 saturated heterocycles. The Hall–Kier alpha value is -0.160. The van der Waals surface area contributed by atoms with Crippen molar-refractivity contribution in [1.82, 2.24) is 0 Å². The van der Waals surface area contributed by atoms with Gasteiger partial charge in [0.1, 0.15) is 0 Å². The van der Waals surface area contributed by atoms with Crippen molar-refractivity contribution in [2.24, 2.45) is 0 Å². The van der Waals surface area contributed by atoms with Crippen LogP contribution < -0.4 is 0 Å². The minimum absolute atomic E-state index is 0.255. The highest BCUT2D eigenvalue weighted by molar-refractivity contribution is 4.62. The summed E-state index contributed by atoms with van der Waals surface area (Å²) in [5.41, 5.74) is 0. The average molecular weight is 290 g/mol. The molecule has 20 heavy (non-hydrogen) atoms. The van der Waals surface area contributed by atoms with Gasteiger partial charge in [-0.3, -0.25) is 0 Å². The molecule has 0 fully saturated rings. The van der Waals surface area contributed by atoms with Crippen LogP contribution in [0.15, 0.2) is 0 Å². The van der Waals surface area contributed by atoms with Crippen LogP contribution in [0.4, 0.5) is 0 Å². The quantitative estimate of drug-likeness (QED) is 0.566. The summed E-state index contributed by atoms with van der Waals surface area (Å²) in [4.78, 5) is 0. The molecule has 2 unspecified atom stereocenters. The molecular formula is C16H38N2O2+2. The number of hydrogen-bond donors (Lipinski definition) is 2. The van der Waals surface area contributed by atoms with Gasteiger partial charge in [-0.15, -0.1) is 0 Å². The predicted molar refractivity (Wildman–Crippen MR) is 85.5 cm³/mol. The lowest BCUT2D eigenvalue weighted by Crippen LogP contribution is -2.35. The molecule has 0 aromatic heterocycles. The maximum Gasteiger partial charge on any atom is 0.0781 e. The summed E-state index contributed by atoms with van der Waals surface area (Å²) in [5.74, 6) is 0. The molecule has 0 amide bonds. The molecule has 0 radical (unpaired) electrons. The Balaban J connectivity index is 3.60. The molecule has 0 bridgehead atoms. The molecule has 2 atom stereocenters. The molecule has 0 aliphatic rings. The zero-order valence-electron chi connectivity index (χ0n) is 14.6. The van der Waals surface area contributed by atoms with Crippen molar-refractivity contribution < 1.29 is 19.2 Å². The van der Waals surface area contributed by atoms with Gasteiger partial charge in [0.25, 0.3) is 0 Å². The monoisotopic (exact) mass is 290 g/mol. The third-order valence-electron chi connectivity index (χ3n) is 3.57. The Morgan fingerprint density at radius 1 is 0.600 bits per heavy atom. The van der Waals surface area contributed by atoms with Crippen LogP contribution >= 0.6 is 0 Å². The number of quaternary nitrogens is 2. The van der Waals surface area contributed by atoms with Crippen LogP contribution in [0, 0.1) is 0 Å². The van der Waals surface area contributed by atoms with Gasteiger partial charge in [-0.2, -0.15) is 0 Å². The lowest BCUT2D eigenvalue weighted by molar-refractivity contribution is -0.870. The van der Waals surface area contributed by atoms with E-state index in [1.807, 2.05) is 0 Å². The Bertz CT molecular complexity index is 218. The summed E-state index contributed by atoms with van der Waals surface area (Å²) in [5, 5.41) is 19.9. The molecule has 0 saturated carbocycles. The molecule has 0 aromatic carbocycles. The summed E-state index contributed by atoms with van der Waals surface area (Å²) >= 11 is 0. The van der Waals surface area contributed by atoms with Crippen molar-refractivity contribution in [2.75, 3.05) is 55.4 Å². The van der Waals surface area contributed by atoms with E-state index < -0.39 is 0 Å². The number of aliphatic hydroxyl groups excluding tert-OH is 2. The lowest BCUT2D eigenvalue weighted by atomic mass is 10.0. The van der Waals surface area contributed by atoms with Crippen molar-refractivity contribution in [3.8, 4) is 0 Å². The van der Waals surface area contributed by atoms with E-state index in [0.29, 0.717) is 0 Å². The molecule has 0 aliphatic heterocycles. The van der Waals surface area contributed by atoms with Gasteiger partial charge in [-0.1, -0.05) is 0 Å². The van der Waals surface area contributed by atoms with Crippen LogP contribution in [0.2, 0.25) is 0 Å². The normalized spacial score (nSPS) is 16.2. The first-order valence-corrected chi connectivity index (χ1v) is 7.97. The van der Waals surface area contributed by atoms with Gasteiger partial charge in [0.15, 0.2) is 0 Å². The zero-order valence-corrected chi connectivity index (χ0v) is 14.6. The lowest BCUT2D eigenvalue weighted by Gasteiger charge is -2.25. The minimum atomic E-state index is -0.255. The number of hydrogen-bond acceptors (Lipinski definition) is 2. The standard InChI is InChI=1S/C16H38N2O2/c1-17(2,3)13-7-9-15(19)11-12-16(20)10-8-14-18(4,5)6/h15-16,19-20H,7-14H2,1-6H3/q+2. The Labute approximate surface area is 126 Å². The summed E-state index contributed by atoms with van der Waals surface area (Å²) in [7, 11) is 13.0. The Kier molecular flexibility index (Phi) is 8.91. The molecule has 0 rings (SSSR count). The highest BCUT2D eigenvalue weighted by Gasteiger charge is 2.13. The molecule has 122 valence electrons. The number of aliphatic hydroxyl groups is 2. The number of rotatable bonds is 11. The molecule has 0 aromatic rings. The summed E-state index contributed by atoms with van der Waals surface area (Å²) < 4.78 is 1.89. The van der Waals surface area contributed by atoms with E-state index in [1.165, 1.54) is 0 Å². The average Bonchev–Trinajstić information content (AvgIpc) is 2.22. The Morgan fingerprint density at radius 2 is 0.900 bits per heavy atom.